The number of halogens is 1. The molecule has 1 amide bonds. The molecule has 0 fully saturated rings. The monoisotopic (exact) mass is 255 g/mol. The summed E-state index contributed by atoms with van der Waals surface area (Å²) >= 11 is 5.53. The largest absolute Gasteiger partial charge is 0.497 e. The molecule has 0 atom stereocenters. The molecular formula is C13H18ClNO2. The number of alkyl halides is 1. The SMILES string of the molecule is COc1ccc(CCN(C)C(=O)CCCl)cc1. The highest BCUT2D eigenvalue weighted by Gasteiger charge is 2.07. The molecule has 1 aromatic carbocycles. The van der Waals surface area contributed by atoms with E-state index in [0.717, 1.165) is 12.2 Å². The summed E-state index contributed by atoms with van der Waals surface area (Å²) < 4.78 is 5.09. The van der Waals surface area contributed by atoms with Crippen molar-refractivity contribution in [3.63, 3.8) is 0 Å². The van der Waals surface area contributed by atoms with Gasteiger partial charge in [-0.15, -0.1) is 11.6 Å². The Hall–Kier alpha value is -1.22. The van der Waals surface area contributed by atoms with Crippen molar-refractivity contribution in [1.29, 1.82) is 0 Å². The lowest BCUT2D eigenvalue weighted by Gasteiger charge is -2.16. The smallest absolute Gasteiger partial charge is 0.223 e. The number of rotatable bonds is 6. The van der Waals surface area contributed by atoms with Crippen molar-refractivity contribution >= 4 is 17.5 Å². The van der Waals surface area contributed by atoms with E-state index in [1.807, 2.05) is 24.3 Å². The number of methoxy groups -OCH3 is 1. The molecule has 0 aliphatic rings. The average Bonchev–Trinajstić information content (AvgIpc) is 2.36. The second kappa shape index (κ2) is 7.17. The third kappa shape index (κ3) is 4.65. The molecule has 0 unspecified atom stereocenters. The van der Waals surface area contributed by atoms with Crippen molar-refractivity contribution in [2.75, 3.05) is 26.6 Å². The summed E-state index contributed by atoms with van der Waals surface area (Å²) in [5.41, 5.74) is 1.19. The molecule has 0 heterocycles. The van der Waals surface area contributed by atoms with Gasteiger partial charge < -0.3 is 9.64 Å². The molecule has 0 bridgehead atoms. The molecule has 4 heteroatoms. The van der Waals surface area contributed by atoms with E-state index < -0.39 is 0 Å². The van der Waals surface area contributed by atoms with Gasteiger partial charge in [0.1, 0.15) is 5.75 Å². The van der Waals surface area contributed by atoms with Gasteiger partial charge in [0.2, 0.25) is 5.91 Å². The molecule has 0 aromatic heterocycles. The maximum Gasteiger partial charge on any atom is 0.223 e. The van der Waals surface area contributed by atoms with Gasteiger partial charge >= 0.3 is 0 Å². The van der Waals surface area contributed by atoms with Crippen molar-refractivity contribution < 1.29 is 9.53 Å². The lowest BCUT2D eigenvalue weighted by Crippen LogP contribution is -2.28. The van der Waals surface area contributed by atoms with Crippen LogP contribution in [0.2, 0.25) is 0 Å². The average molecular weight is 256 g/mol. The molecule has 1 aromatic rings. The van der Waals surface area contributed by atoms with Crippen LogP contribution in [0.3, 0.4) is 0 Å². The Balaban J connectivity index is 2.41. The van der Waals surface area contributed by atoms with Crippen LogP contribution in [0.1, 0.15) is 12.0 Å². The second-order valence-corrected chi connectivity index (χ2v) is 4.23. The predicted molar refractivity (Wildman–Crippen MR) is 69.7 cm³/mol. The fourth-order valence-electron chi connectivity index (χ4n) is 1.49. The van der Waals surface area contributed by atoms with Gasteiger partial charge in [-0.25, -0.2) is 0 Å². The van der Waals surface area contributed by atoms with E-state index in [0.29, 0.717) is 18.8 Å². The number of likely N-dealkylation sites (N-methyl/N-ethyl adjacent to an activating group) is 1. The van der Waals surface area contributed by atoms with Crippen LogP contribution in [0.4, 0.5) is 0 Å². The number of hydrogen-bond acceptors (Lipinski definition) is 2. The molecule has 0 spiro atoms. The zero-order valence-electron chi connectivity index (χ0n) is 10.3. The summed E-state index contributed by atoms with van der Waals surface area (Å²) in [6, 6.07) is 7.88. The molecule has 0 aliphatic heterocycles. The van der Waals surface area contributed by atoms with Crippen molar-refractivity contribution in [2.45, 2.75) is 12.8 Å². The second-order valence-electron chi connectivity index (χ2n) is 3.85. The predicted octanol–water partition coefficient (Wildman–Crippen LogP) is 2.33. The fraction of sp³-hybridized carbons (Fsp3) is 0.462. The van der Waals surface area contributed by atoms with E-state index in [9.17, 15) is 4.79 Å². The summed E-state index contributed by atoms with van der Waals surface area (Å²) in [6.45, 7) is 0.710. The Kier molecular flexibility index (Phi) is 5.84. The molecule has 3 nitrogen and oxygen atoms in total. The number of hydrogen-bond donors (Lipinski definition) is 0. The van der Waals surface area contributed by atoms with E-state index in [2.05, 4.69) is 0 Å². The lowest BCUT2D eigenvalue weighted by molar-refractivity contribution is -0.129. The Morgan fingerprint density at radius 2 is 2.00 bits per heavy atom. The lowest BCUT2D eigenvalue weighted by atomic mass is 10.1. The van der Waals surface area contributed by atoms with Gasteiger partial charge in [0.25, 0.3) is 0 Å². The highest BCUT2D eigenvalue weighted by atomic mass is 35.5. The molecule has 0 radical (unpaired) electrons. The summed E-state index contributed by atoms with van der Waals surface area (Å²) in [5, 5.41) is 0. The number of ether oxygens (including phenoxy) is 1. The van der Waals surface area contributed by atoms with E-state index in [1.165, 1.54) is 5.56 Å². The number of nitrogens with zero attached hydrogens (tertiary/aromatic N) is 1. The zero-order chi connectivity index (χ0) is 12.7. The van der Waals surface area contributed by atoms with Crippen LogP contribution < -0.4 is 4.74 Å². The van der Waals surface area contributed by atoms with E-state index in [1.54, 1.807) is 19.1 Å². The maximum absolute atomic E-state index is 11.5. The topological polar surface area (TPSA) is 29.5 Å². The van der Waals surface area contributed by atoms with Crippen LogP contribution in [0.15, 0.2) is 24.3 Å². The number of carbonyl (C=O) groups is 1. The molecule has 0 aliphatic carbocycles. The van der Waals surface area contributed by atoms with Crippen molar-refractivity contribution in [1.82, 2.24) is 4.90 Å². The first-order valence-electron chi connectivity index (χ1n) is 5.60. The Bertz CT molecular complexity index is 351. The van der Waals surface area contributed by atoms with Crippen molar-refractivity contribution in [3.05, 3.63) is 29.8 Å². The first-order chi connectivity index (χ1) is 8.17. The molecule has 0 saturated carbocycles. The minimum Gasteiger partial charge on any atom is -0.497 e. The standard InChI is InChI=1S/C13H18ClNO2/c1-15(13(16)7-9-14)10-8-11-3-5-12(17-2)6-4-11/h3-6H,7-10H2,1-2H3. The van der Waals surface area contributed by atoms with E-state index in [-0.39, 0.29) is 5.91 Å². The Morgan fingerprint density at radius 1 is 1.35 bits per heavy atom. The van der Waals surface area contributed by atoms with Crippen molar-refractivity contribution in [3.8, 4) is 5.75 Å². The van der Waals surface area contributed by atoms with E-state index in [4.69, 9.17) is 16.3 Å². The van der Waals surface area contributed by atoms with Crippen LogP contribution in [0.5, 0.6) is 5.75 Å². The summed E-state index contributed by atoms with van der Waals surface area (Å²) in [7, 11) is 3.45. The van der Waals surface area contributed by atoms with Crippen LogP contribution in [-0.4, -0.2) is 37.4 Å². The molecule has 17 heavy (non-hydrogen) atoms. The van der Waals surface area contributed by atoms with Gasteiger partial charge in [-0.05, 0) is 24.1 Å². The number of carbonyl (C=O) groups excluding carboxylic acids is 1. The number of amides is 1. The third-order valence-electron chi connectivity index (χ3n) is 2.63. The van der Waals surface area contributed by atoms with Crippen LogP contribution in [0.25, 0.3) is 0 Å². The van der Waals surface area contributed by atoms with Crippen LogP contribution in [0, 0.1) is 0 Å². The summed E-state index contributed by atoms with van der Waals surface area (Å²) in [5.74, 6) is 1.32. The maximum atomic E-state index is 11.5. The van der Waals surface area contributed by atoms with Gasteiger partial charge in [-0.1, -0.05) is 12.1 Å². The minimum atomic E-state index is 0.0912. The highest BCUT2D eigenvalue weighted by Crippen LogP contribution is 2.11. The highest BCUT2D eigenvalue weighted by molar-refractivity contribution is 6.18. The molecule has 0 saturated heterocycles. The van der Waals surface area contributed by atoms with Gasteiger partial charge in [0.05, 0.1) is 7.11 Å². The molecular weight excluding hydrogens is 238 g/mol. The number of benzene rings is 1. The summed E-state index contributed by atoms with van der Waals surface area (Å²) in [4.78, 5) is 13.2. The minimum absolute atomic E-state index is 0.0912. The molecule has 1 rings (SSSR count). The Morgan fingerprint density at radius 3 is 2.53 bits per heavy atom. The van der Waals surface area contributed by atoms with Crippen LogP contribution >= 0.6 is 11.6 Å². The van der Waals surface area contributed by atoms with Crippen molar-refractivity contribution in [2.24, 2.45) is 0 Å². The van der Waals surface area contributed by atoms with Gasteiger partial charge in [0, 0.05) is 25.9 Å². The fourth-order valence-corrected chi connectivity index (χ4v) is 1.65. The molecule has 94 valence electrons. The van der Waals surface area contributed by atoms with E-state index >= 15 is 0 Å². The molecule has 0 N–H and O–H groups in total. The zero-order valence-corrected chi connectivity index (χ0v) is 11.0. The normalized spacial score (nSPS) is 10.1. The van der Waals surface area contributed by atoms with Gasteiger partial charge in [0.15, 0.2) is 0 Å². The van der Waals surface area contributed by atoms with Gasteiger partial charge in [-0.2, -0.15) is 0 Å². The van der Waals surface area contributed by atoms with Gasteiger partial charge in [-0.3, -0.25) is 4.79 Å². The van der Waals surface area contributed by atoms with Crippen LogP contribution in [-0.2, 0) is 11.2 Å². The summed E-state index contributed by atoms with van der Waals surface area (Å²) in [6.07, 6.45) is 1.25. The Labute approximate surface area is 107 Å². The first-order valence-corrected chi connectivity index (χ1v) is 6.13. The third-order valence-corrected chi connectivity index (χ3v) is 2.82. The quantitative estimate of drug-likeness (QED) is 0.730. The first kappa shape index (κ1) is 13.8.